The fraction of sp³-hybridized carbons (Fsp3) is 0.304. The molecule has 0 atom stereocenters. The van der Waals surface area contributed by atoms with Crippen LogP contribution in [-0.4, -0.2) is 73.5 Å². The van der Waals surface area contributed by atoms with E-state index in [0.29, 0.717) is 54.7 Å². The van der Waals surface area contributed by atoms with Gasteiger partial charge in [0.25, 0.3) is 5.91 Å². The Morgan fingerprint density at radius 1 is 0.906 bits per heavy atom. The highest BCUT2D eigenvalue weighted by atomic mass is 16.5. The average Bonchev–Trinajstić information content (AvgIpc) is 2.88. The number of nitrogens with zero attached hydrogens (tertiary/aromatic N) is 5. The van der Waals surface area contributed by atoms with Gasteiger partial charge < -0.3 is 24.0 Å². The van der Waals surface area contributed by atoms with Crippen LogP contribution in [0.2, 0.25) is 0 Å². The van der Waals surface area contributed by atoms with Crippen LogP contribution in [0.4, 0.5) is 5.82 Å². The number of hydrogen-bond donors (Lipinski definition) is 0. The number of piperazine rings is 1. The van der Waals surface area contributed by atoms with Gasteiger partial charge in [0.1, 0.15) is 0 Å². The van der Waals surface area contributed by atoms with E-state index in [9.17, 15) is 4.79 Å². The predicted octanol–water partition coefficient (Wildman–Crippen LogP) is 2.53. The summed E-state index contributed by atoms with van der Waals surface area (Å²) in [6, 6.07) is 11.1. The fourth-order valence-electron chi connectivity index (χ4n) is 3.69. The number of amides is 1. The monoisotopic (exact) mass is 435 g/mol. The first-order chi connectivity index (χ1) is 15.6. The minimum Gasteiger partial charge on any atom is -0.493 e. The zero-order valence-corrected chi connectivity index (χ0v) is 18.3. The van der Waals surface area contributed by atoms with Crippen LogP contribution in [0.3, 0.4) is 0 Å². The van der Waals surface area contributed by atoms with E-state index in [1.54, 1.807) is 45.9 Å². The number of methoxy groups -OCH3 is 3. The van der Waals surface area contributed by atoms with Crippen molar-refractivity contribution < 1.29 is 19.0 Å². The molecular formula is C23H25N5O4. The maximum atomic E-state index is 12.6. The molecule has 1 aromatic carbocycles. The van der Waals surface area contributed by atoms with Gasteiger partial charge in [-0.25, -0.2) is 0 Å². The summed E-state index contributed by atoms with van der Waals surface area (Å²) >= 11 is 0. The van der Waals surface area contributed by atoms with Crippen LogP contribution in [-0.2, 0) is 0 Å². The third-order valence-corrected chi connectivity index (χ3v) is 5.41. The highest BCUT2D eigenvalue weighted by Gasteiger charge is 2.23. The molecule has 9 heteroatoms. The van der Waals surface area contributed by atoms with Gasteiger partial charge in [0.2, 0.25) is 5.75 Å². The maximum absolute atomic E-state index is 12.6. The summed E-state index contributed by atoms with van der Waals surface area (Å²) in [5.41, 5.74) is 2.11. The van der Waals surface area contributed by atoms with Crippen molar-refractivity contribution in [3.8, 4) is 28.5 Å². The van der Waals surface area contributed by atoms with E-state index in [4.69, 9.17) is 14.2 Å². The number of carbonyl (C=O) groups is 1. The molecule has 0 N–H and O–H groups in total. The summed E-state index contributed by atoms with van der Waals surface area (Å²) in [6.45, 7) is 2.60. The van der Waals surface area contributed by atoms with Crippen molar-refractivity contribution in [1.82, 2.24) is 20.1 Å². The Hall–Kier alpha value is -3.88. The lowest BCUT2D eigenvalue weighted by molar-refractivity contribution is 0.0746. The third-order valence-electron chi connectivity index (χ3n) is 5.41. The number of anilines is 1. The van der Waals surface area contributed by atoms with Gasteiger partial charge in [0, 0.05) is 44.1 Å². The van der Waals surface area contributed by atoms with E-state index in [0.717, 1.165) is 11.4 Å². The molecule has 0 spiro atoms. The quantitative estimate of drug-likeness (QED) is 0.584. The molecule has 0 aliphatic carbocycles. The van der Waals surface area contributed by atoms with Gasteiger partial charge in [-0.15, -0.1) is 10.2 Å². The summed E-state index contributed by atoms with van der Waals surface area (Å²) in [5.74, 6) is 2.42. The highest BCUT2D eigenvalue weighted by molar-refractivity contribution is 5.94. The van der Waals surface area contributed by atoms with E-state index in [1.165, 1.54) is 0 Å². The minimum atomic E-state index is 0.00147. The van der Waals surface area contributed by atoms with E-state index >= 15 is 0 Å². The van der Waals surface area contributed by atoms with Crippen molar-refractivity contribution in [3.05, 3.63) is 54.4 Å². The molecule has 1 aliphatic heterocycles. The van der Waals surface area contributed by atoms with Crippen molar-refractivity contribution in [2.24, 2.45) is 0 Å². The molecule has 1 saturated heterocycles. The zero-order chi connectivity index (χ0) is 22.5. The lowest BCUT2D eigenvalue weighted by Gasteiger charge is -2.35. The minimum absolute atomic E-state index is 0.00147. The molecule has 1 aliphatic rings. The summed E-state index contributed by atoms with van der Waals surface area (Å²) < 4.78 is 16.2. The SMILES string of the molecule is COc1cc(-c2ccc(N3CCN(C(=O)c4cccnc4)CC3)nn2)cc(OC)c1OC. The maximum Gasteiger partial charge on any atom is 0.255 e. The molecule has 1 fully saturated rings. The van der Waals surface area contributed by atoms with Crippen LogP contribution in [0.5, 0.6) is 17.2 Å². The number of pyridine rings is 1. The fourth-order valence-corrected chi connectivity index (χ4v) is 3.69. The van der Waals surface area contributed by atoms with Crippen molar-refractivity contribution in [2.45, 2.75) is 0 Å². The molecule has 166 valence electrons. The topological polar surface area (TPSA) is 89.9 Å². The Kier molecular flexibility index (Phi) is 6.34. The average molecular weight is 435 g/mol. The van der Waals surface area contributed by atoms with E-state index in [-0.39, 0.29) is 5.91 Å². The van der Waals surface area contributed by atoms with Gasteiger partial charge in [-0.3, -0.25) is 9.78 Å². The normalized spacial score (nSPS) is 13.6. The van der Waals surface area contributed by atoms with E-state index in [1.807, 2.05) is 29.2 Å². The molecule has 2 aromatic heterocycles. The third kappa shape index (κ3) is 4.27. The second-order valence-electron chi connectivity index (χ2n) is 7.21. The van der Waals surface area contributed by atoms with Crippen LogP contribution >= 0.6 is 0 Å². The molecule has 9 nitrogen and oxygen atoms in total. The second-order valence-corrected chi connectivity index (χ2v) is 7.21. The molecule has 0 saturated carbocycles. The lowest BCUT2D eigenvalue weighted by Crippen LogP contribution is -2.49. The molecule has 32 heavy (non-hydrogen) atoms. The summed E-state index contributed by atoms with van der Waals surface area (Å²) in [6.07, 6.45) is 3.26. The molecule has 0 radical (unpaired) electrons. The number of ether oxygens (including phenoxy) is 3. The number of benzene rings is 1. The number of hydrogen-bond acceptors (Lipinski definition) is 8. The first-order valence-electron chi connectivity index (χ1n) is 10.2. The van der Waals surface area contributed by atoms with Crippen molar-refractivity contribution in [3.63, 3.8) is 0 Å². The van der Waals surface area contributed by atoms with Crippen molar-refractivity contribution >= 4 is 11.7 Å². The Labute approximate surface area is 186 Å². The van der Waals surface area contributed by atoms with Crippen LogP contribution < -0.4 is 19.1 Å². The van der Waals surface area contributed by atoms with Gasteiger partial charge in [0.15, 0.2) is 17.3 Å². The Morgan fingerprint density at radius 3 is 2.16 bits per heavy atom. The van der Waals surface area contributed by atoms with Crippen LogP contribution in [0, 0.1) is 0 Å². The first kappa shape index (κ1) is 21.4. The second kappa shape index (κ2) is 9.51. The highest BCUT2D eigenvalue weighted by Crippen LogP contribution is 2.40. The predicted molar refractivity (Wildman–Crippen MR) is 119 cm³/mol. The number of aromatic nitrogens is 3. The molecule has 4 rings (SSSR count). The van der Waals surface area contributed by atoms with Gasteiger partial charge in [-0.2, -0.15) is 0 Å². The van der Waals surface area contributed by atoms with Crippen LogP contribution in [0.1, 0.15) is 10.4 Å². The molecule has 0 bridgehead atoms. The van der Waals surface area contributed by atoms with E-state index in [2.05, 4.69) is 20.1 Å². The molecule has 0 unspecified atom stereocenters. The van der Waals surface area contributed by atoms with Gasteiger partial charge in [-0.1, -0.05) is 0 Å². The summed E-state index contributed by atoms with van der Waals surface area (Å²) in [7, 11) is 4.72. The van der Waals surface area contributed by atoms with Gasteiger partial charge in [0.05, 0.1) is 32.6 Å². The summed E-state index contributed by atoms with van der Waals surface area (Å²) in [4.78, 5) is 20.6. The molecule has 3 heterocycles. The summed E-state index contributed by atoms with van der Waals surface area (Å²) in [5, 5.41) is 8.81. The Morgan fingerprint density at radius 2 is 1.62 bits per heavy atom. The number of carbonyl (C=O) groups excluding carboxylic acids is 1. The van der Waals surface area contributed by atoms with Gasteiger partial charge >= 0.3 is 0 Å². The van der Waals surface area contributed by atoms with Crippen LogP contribution in [0.25, 0.3) is 11.3 Å². The lowest BCUT2D eigenvalue weighted by atomic mass is 10.1. The molecule has 3 aromatic rings. The number of rotatable bonds is 6. The van der Waals surface area contributed by atoms with Crippen LogP contribution in [0.15, 0.2) is 48.8 Å². The Bertz CT molecular complexity index is 1040. The zero-order valence-electron chi connectivity index (χ0n) is 18.3. The van der Waals surface area contributed by atoms with E-state index < -0.39 is 0 Å². The van der Waals surface area contributed by atoms with Gasteiger partial charge in [-0.05, 0) is 36.4 Å². The molecular weight excluding hydrogens is 410 g/mol. The molecule has 1 amide bonds. The van der Waals surface area contributed by atoms with Crippen molar-refractivity contribution in [1.29, 1.82) is 0 Å². The largest absolute Gasteiger partial charge is 0.493 e. The smallest absolute Gasteiger partial charge is 0.255 e. The first-order valence-corrected chi connectivity index (χ1v) is 10.2. The Balaban J connectivity index is 1.45. The van der Waals surface area contributed by atoms with Crippen molar-refractivity contribution in [2.75, 3.05) is 52.4 Å². The standard InChI is InChI=1S/C23H25N5O4/c1-30-19-13-17(14-20(31-2)22(19)32-3)18-6-7-21(26-25-18)27-9-11-28(12-10-27)23(29)16-5-4-8-24-15-16/h4-8,13-15H,9-12H2,1-3H3.